The predicted molar refractivity (Wildman–Crippen MR) is 66.4 cm³/mol. The van der Waals surface area contributed by atoms with Crippen LogP contribution in [0.25, 0.3) is 0 Å². The molecule has 0 amide bonds. The number of ketones is 1. The number of carbonyl (C=O) groups excluding carboxylic acids is 1. The largest absolute Gasteiger partial charge is 0.395 e. The molecule has 18 heavy (non-hydrogen) atoms. The molecule has 1 rings (SSSR count). The summed E-state index contributed by atoms with van der Waals surface area (Å²) < 4.78 is 25.0. The molecule has 1 aromatic rings. The first-order valence-corrected chi connectivity index (χ1v) is 5.86. The number of Topliss-reactive ketones (excluding diaryl/α,β-unsaturated/α-hetero) is 1. The van der Waals surface area contributed by atoms with Gasteiger partial charge in [0.25, 0.3) is 6.43 Å². The average molecular weight is 257 g/mol. The van der Waals surface area contributed by atoms with Gasteiger partial charge >= 0.3 is 0 Å². The van der Waals surface area contributed by atoms with Crippen LogP contribution in [0.15, 0.2) is 24.3 Å². The maximum Gasteiger partial charge on any atom is 0.255 e. The Kier molecular flexibility index (Phi) is 5.71. The minimum atomic E-state index is -2.51. The molecule has 0 unspecified atom stereocenters. The van der Waals surface area contributed by atoms with Crippen LogP contribution in [-0.4, -0.2) is 37.0 Å². The van der Waals surface area contributed by atoms with Crippen molar-refractivity contribution < 1.29 is 18.7 Å². The van der Waals surface area contributed by atoms with Crippen LogP contribution in [0, 0.1) is 0 Å². The van der Waals surface area contributed by atoms with E-state index in [9.17, 15) is 13.6 Å². The predicted octanol–water partition coefficient (Wildman–Crippen LogP) is 2.34. The van der Waals surface area contributed by atoms with Gasteiger partial charge < -0.3 is 10.0 Å². The first-order valence-electron chi connectivity index (χ1n) is 5.86. The Morgan fingerprint density at radius 1 is 1.39 bits per heavy atom. The number of hydrogen-bond acceptors (Lipinski definition) is 3. The molecule has 0 saturated carbocycles. The molecule has 0 bridgehead atoms. The smallest absolute Gasteiger partial charge is 0.255 e. The van der Waals surface area contributed by atoms with Gasteiger partial charge in [0, 0.05) is 24.2 Å². The molecule has 0 atom stereocenters. The van der Waals surface area contributed by atoms with Gasteiger partial charge in [-0.15, -0.1) is 0 Å². The summed E-state index contributed by atoms with van der Waals surface area (Å²) in [6, 6.07) is 6.64. The van der Waals surface area contributed by atoms with Gasteiger partial charge in [-0.1, -0.05) is 19.1 Å². The Balaban J connectivity index is 3.06. The number of anilines is 1. The van der Waals surface area contributed by atoms with Crippen LogP contribution < -0.4 is 4.90 Å². The van der Waals surface area contributed by atoms with Crippen LogP contribution in [0.2, 0.25) is 0 Å². The maximum absolute atomic E-state index is 12.5. The summed E-state index contributed by atoms with van der Waals surface area (Å²) in [6.45, 7) is 1.08. The van der Waals surface area contributed by atoms with Crippen molar-refractivity contribution in [2.45, 2.75) is 19.8 Å². The SMILES string of the molecule is CCC(=O)c1ccccc1N(CCO)CC(F)F. The number of aliphatic hydroxyl groups excluding tert-OH is 1. The summed E-state index contributed by atoms with van der Waals surface area (Å²) in [6.07, 6.45) is -2.19. The zero-order valence-electron chi connectivity index (χ0n) is 10.3. The number of alkyl halides is 2. The third-order valence-electron chi connectivity index (χ3n) is 2.59. The zero-order valence-corrected chi connectivity index (χ0v) is 10.3. The van der Waals surface area contributed by atoms with E-state index in [1.54, 1.807) is 31.2 Å². The van der Waals surface area contributed by atoms with E-state index < -0.39 is 13.0 Å². The first-order chi connectivity index (χ1) is 8.60. The molecular weight excluding hydrogens is 240 g/mol. The van der Waals surface area contributed by atoms with Gasteiger partial charge in [0.05, 0.1) is 13.2 Å². The highest BCUT2D eigenvalue weighted by molar-refractivity contribution is 6.01. The molecule has 0 aliphatic carbocycles. The summed E-state index contributed by atoms with van der Waals surface area (Å²) in [5, 5.41) is 8.93. The maximum atomic E-state index is 12.5. The number of rotatable bonds is 7. The second-order valence-electron chi connectivity index (χ2n) is 3.85. The van der Waals surface area contributed by atoms with Crippen LogP contribution in [0.3, 0.4) is 0 Å². The van der Waals surface area contributed by atoms with E-state index >= 15 is 0 Å². The Morgan fingerprint density at radius 2 is 2.06 bits per heavy atom. The number of nitrogens with zero attached hydrogens (tertiary/aromatic N) is 1. The molecule has 0 heterocycles. The standard InChI is InChI=1S/C13H17F2NO2/c1-2-12(18)10-5-3-4-6-11(10)16(7-8-17)9-13(14)15/h3-6,13,17H,2,7-9H2,1H3. The lowest BCUT2D eigenvalue weighted by Crippen LogP contribution is -2.32. The molecular formula is C13H17F2NO2. The van der Waals surface area contributed by atoms with Gasteiger partial charge in [-0.05, 0) is 12.1 Å². The molecule has 3 nitrogen and oxygen atoms in total. The lowest BCUT2D eigenvalue weighted by Gasteiger charge is -2.25. The summed E-state index contributed by atoms with van der Waals surface area (Å²) in [4.78, 5) is 13.1. The van der Waals surface area contributed by atoms with E-state index in [0.717, 1.165) is 0 Å². The van der Waals surface area contributed by atoms with Gasteiger partial charge in [-0.25, -0.2) is 8.78 Å². The average Bonchev–Trinajstić information content (AvgIpc) is 2.37. The normalized spacial score (nSPS) is 10.7. The summed E-state index contributed by atoms with van der Waals surface area (Å²) in [7, 11) is 0. The highest BCUT2D eigenvalue weighted by atomic mass is 19.3. The lowest BCUT2D eigenvalue weighted by atomic mass is 10.1. The fraction of sp³-hybridized carbons (Fsp3) is 0.462. The third kappa shape index (κ3) is 3.77. The number of hydrogen-bond donors (Lipinski definition) is 1. The van der Waals surface area contributed by atoms with Crippen molar-refractivity contribution in [3.05, 3.63) is 29.8 Å². The van der Waals surface area contributed by atoms with E-state index in [1.807, 2.05) is 0 Å². The molecule has 0 spiro atoms. The summed E-state index contributed by atoms with van der Waals surface area (Å²) in [5.41, 5.74) is 0.882. The molecule has 1 aromatic carbocycles. The lowest BCUT2D eigenvalue weighted by molar-refractivity contribution is 0.0987. The highest BCUT2D eigenvalue weighted by Gasteiger charge is 2.17. The van der Waals surface area contributed by atoms with E-state index in [1.165, 1.54) is 4.90 Å². The minimum Gasteiger partial charge on any atom is -0.395 e. The van der Waals surface area contributed by atoms with Crippen LogP contribution in [0.5, 0.6) is 0 Å². The molecule has 0 aromatic heterocycles. The van der Waals surface area contributed by atoms with Crippen molar-refractivity contribution in [2.24, 2.45) is 0 Å². The molecule has 0 aliphatic heterocycles. The first kappa shape index (κ1) is 14.6. The molecule has 0 saturated heterocycles. The number of halogens is 2. The second-order valence-corrected chi connectivity index (χ2v) is 3.85. The Labute approximate surface area is 105 Å². The fourth-order valence-electron chi connectivity index (χ4n) is 1.77. The van der Waals surface area contributed by atoms with Gasteiger partial charge in [0.1, 0.15) is 0 Å². The zero-order chi connectivity index (χ0) is 13.5. The second kappa shape index (κ2) is 7.06. The quantitative estimate of drug-likeness (QED) is 0.762. The van der Waals surface area contributed by atoms with Crippen LogP contribution in [-0.2, 0) is 0 Å². The van der Waals surface area contributed by atoms with Crippen molar-refractivity contribution in [1.82, 2.24) is 0 Å². The van der Waals surface area contributed by atoms with E-state index in [-0.39, 0.29) is 18.9 Å². The van der Waals surface area contributed by atoms with E-state index in [4.69, 9.17) is 5.11 Å². The monoisotopic (exact) mass is 257 g/mol. The van der Waals surface area contributed by atoms with E-state index in [0.29, 0.717) is 17.7 Å². The minimum absolute atomic E-state index is 0.0817. The third-order valence-corrected chi connectivity index (χ3v) is 2.59. The van der Waals surface area contributed by atoms with Crippen LogP contribution >= 0.6 is 0 Å². The van der Waals surface area contributed by atoms with E-state index in [2.05, 4.69) is 0 Å². The van der Waals surface area contributed by atoms with Crippen molar-refractivity contribution in [3.8, 4) is 0 Å². The van der Waals surface area contributed by atoms with Crippen molar-refractivity contribution in [3.63, 3.8) is 0 Å². The Morgan fingerprint density at radius 3 is 2.61 bits per heavy atom. The van der Waals surface area contributed by atoms with Crippen molar-refractivity contribution in [1.29, 1.82) is 0 Å². The molecule has 5 heteroatoms. The number of aliphatic hydroxyl groups is 1. The fourth-order valence-corrected chi connectivity index (χ4v) is 1.77. The molecule has 1 N–H and O–H groups in total. The highest BCUT2D eigenvalue weighted by Crippen LogP contribution is 2.22. The molecule has 100 valence electrons. The van der Waals surface area contributed by atoms with Crippen molar-refractivity contribution in [2.75, 3.05) is 24.6 Å². The number of para-hydroxylation sites is 1. The van der Waals surface area contributed by atoms with Gasteiger partial charge in [-0.3, -0.25) is 4.79 Å². The molecule has 0 aliphatic rings. The van der Waals surface area contributed by atoms with Gasteiger partial charge in [-0.2, -0.15) is 0 Å². The van der Waals surface area contributed by atoms with Gasteiger partial charge in [0.15, 0.2) is 5.78 Å². The topological polar surface area (TPSA) is 40.5 Å². The number of benzene rings is 1. The Bertz CT molecular complexity index is 396. The van der Waals surface area contributed by atoms with Crippen molar-refractivity contribution >= 4 is 11.5 Å². The summed E-state index contributed by atoms with van der Waals surface area (Å²) in [5.74, 6) is -0.0946. The van der Waals surface area contributed by atoms with Gasteiger partial charge in [0.2, 0.25) is 0 Å². The Hall–Kier alpha value is -1.49. The van der Waals surface area contributed by atoms with Crippen LogP contribution in [0.4, 0.5) is 14.5 Å². The van der Waals surface area contributed by atoms with Crippen LogP contribution in [0.1, 0.15) is 23.7 Å². The summed E-state index contributed by atoms with van der Waals surface area (Å²) >= 11 is 0. The number of carbonyl (C=O) groups is 1. The molecule has 0 radical (unpaired) electrons. The molecule has 0 fully saturated rings.